The zero-order chi connectivity index (χ0) is 12.7. The number of rotatable bonds is 2. The Labute approximate surface area is 127 Å². The minimum atomic E-state index is -0.712. The molecule has 3 rings (SSSR count). The predicted octanol–water partition coefficient (Wildman–Crippen LogP) is -1.11. The average Bonchev–Trinajstić information content (AvgIpc) is 2.93. The zero-order valence-electron chi connectivity index (χ0n) is 12.2. The van der Waals surface area contributed by atoms with Crippen LogP contribution in [0.15, 0.2) is 12.7 Å². The molecule has 1 fully saturated rings. The van der Waals surface area contributed by atoms with Crippen LogP contribution in [0, 0.1) is 0 Å². The number of anilines is 1. The summed E-state index contributed by atoms with van der Waals surface area (Å²) in [5, 5.41) is 19.0. The van der Waals surface area contributed by atoms with Crippen LogP contribution in [0.3, 0.4) is 0 Å². The second kappa shape index (κ2) is 5.55. The molecule has 0 bridgehead atoms. The summed E-state index contributed by atoms with van der Waals surface area (Å²) in [7, 11) is 0. The van der Waals surface area contributed by atoms with Crippen molar-refractivity contribution in [2.75, 3.05) is 12.3 Å². The van der Waals surface area contributed by atoms with Crippen molar-refractivity contribution in [3.63, 3.8) is 0 Å². The van der Waals surface area contributed by atoms with Gasteiger partial charge < -0.3 is 23.5 Å². The van der Waals surface area contributed by atoms with Gasteiger partial charge in [-0.2, -0.15) is 0 Å². The second-order valence-electron chi connectivity index (χ2n) is 4.22. The van der Waals surface area contributed by atoms with Crippen molar-refractivity contribution >= 4 is 40.0 Å². The summed E-state index contributed by atoms with van der Waals surface area (Å²) in [6.45, 7) is -0.128. The van der Waals surface area contributed by atoms with Crippen LogP contribution in [0.1, 0.15) is 15.5 Å². The summed E-state index contributed by atoms with van der Waals surface area (Å²) >= 11 is 0. The van der Waals surface area contributed by atoms with Gasteiger partial charge in [-0.3, -0.25) is 4.57 Å². The Kier molecular flexibility index (Phi) is 4.21. The van der Waals surface area contributed by atoms with Crippen molar-refractivity contribution < 1.29 is 17.8 Å². The van der Waals surface area contributed by atoms with Crippen LogP contribution in [-0.2, 0) is 4.74 Å². The van der Waals surface area contributed by atoms with Crippen LogP contribution in [-0.4, -0.2) is 71.6 Å². The number of aromatic nitrogens is 4. The Morgan fingerprint density at radius 1 is 1.47 bits per heavy atom. The van der Waals surface area contributed by atoms with E-state index in [9.17, 15) is 5.11 Å². The van der Waals surface area contributed by atoms with Gasteiger partial charge in [0.1, 0.15) is 17.9 Å². The van der Waals surface area contributed by atoms with E-state index in [-0.39, 0.29) is 44.4 Å². The normalized spacial score (nSPS) is 26.5. The van der Waals surface area contributed by atoms with Crippen LogP contribution in [0.4, 0.5) is 5.82 Å². The third-order valence-electron chi connectivity index (χ3n) is 3.03. The number of aliphatic hydroxyl groups excluding tert-OH is 2. The van der Waals surface area contributed by atoms with Crippen molar-refractivity contribution in [2.24, 2.45) is 0 Å². The molecule has 0 aromatic carbocycles. The van der Waals surface area contributed by atoms with Crippen molar-refractivity contribution in [2.45, 2.75) is 24.9 Å². The van der Waals surface area contributed by atoms with Crippen LogP contribution in [0.5, 0.6) is 0 Å². The third-order valence-corrected chi connectivity index (χ3v) is 3.03. The van der Waals surface area contributed by atoms with Gasteiger partial charge in [0, 0.05) is 6.42 Å². The molecule has 4 N–H and O–H groups in total. The second-order valence-corrected chi connectivity index (χ2v) is 4.22. The molecule has 0 aliphatic carbocycles. The van der Waals surface area contributed by atoms with E-state index in [1.807, 2.05) is 0 Å². The van der Waals surface area contributed by atoms with E-state index in [0.29, 0.717) is 17.6 Å². The number of imidazole rings is 1. The number of nitrogen functional groups attached to an aromatic ring is 1. The van der Waals surface area contributed by atoms with Gasteiger partial charge in [-0.15, -0.1) is 0 Å². The summed E-state index contributed by atoms with van der Waals surface area (Å²) in [5.41, 5.74) is 6.66. The molecule has 0 unspecified atom stereocenters. The molecule has 0 amide bonds. The summed E-state index contributed by atoms with van der Waals surface area (Å²) < 4.78 is 7.14. The number of hydrogen-bond acceptors (Lipinski definition) is 7. The molecule has 100 valence electrons. The number of ether oxygens (including phenoxy) is 1. The molecule has 0 spiro atoms. The first-order valence-corrected chi connectivity index (χ1v) is 5.58. The molecule has 1 aliphatic heterocycles. The van der Waals surface area contributed by atoms with Gasteiger partial charge in [0.2, 0.25) is 0 Å². The van der Waals surface area contributed by atoms with Crippen molar-refractivity contribution in [3.8, 4) is 0 Å². The minimum Gasteiger partial charge on any atom is -1.00 e. The fourth-order valence-electron chi connectivity index (χ4n) is 2.15. The summed E-state index contributed by atoms with van der Waals surface area (Å²) in [4.78, 5) is 12.0. The van der Waals surface area contributed by atoms with E-state index >= 15 is 0 Å². The quantitative estimate of drug-likeness (QED) is 0.596. The fraction of sp³-hybridized carbons (Fsp3) is 0.500. The first kappa shape index (κ1) is 14.4. The zero-order valence-corrected chi connectivity index (χ0v) is 11.6. The Morgan fingerprint density at radius 3 is 2.95 bits per heavy atom. The van der Waals surface area contributed by atoms with Crippen molar-refractivity contribution in [1.29, 1.82) is 0 Å². The van der Waals surface area contributed by atoms with Gasteiger partial charge in [0.15, 0.2) is 17.7 Å². The van der Waals surface area contributed by atoms with Gasteiger partial charge in [-0.25, -0.2) is 15.0 Å². The van der Waals surface area contributed by atoms with Gasteiger partial charge in [0.05, 0.1) is 19.0 Å². The molecule has 2 aromatic heterocycles. The van der Waals surface area contributed by atoms with E-state index in [0.717, 1.165) is 0 Å². The van der Waals surface area contributed by atoms with E-state index < -0.39 is 12.3 Å². The van der Waals surface area contributed by atoms with Gasteiger partial charge in [0.25, 0.3) is 0 Å². The molecule has 8 nitrogen and oxygen atoms in total. The summed E-state index contributed by atoms with van der Waals surface area (Å²) in [5.74, 6) is 0.282. The minimum absolute atomic E-state index is 0. The van der Waals surface area contributed by atoms with Crippen molar-refractivity contribution in [3.05, 3.63) is 12.7 Å². The largest absolute Gasteiger partial charge is 2.00 e. The van der Waals surface area contributed by atoms with Crippen LogP contribution >= 0.6 is 0 Å². The number of nitrogens with zero attached hydrogens (tertiary/aromatic N) is 4. The molecule has 0 saturated carbocycles. The Hall–Kier alpha value is -1.00. The van der Waals surface area contributed by atoms with E-state index in [1.165, 1.54) is 12.7 Å². The van der Waals surface area contributed by atoms with Crippen LogP contribution < -0.4 is 5.73 Å². The molecule has 2 aromatic rings. The Bertz CT molecular complexity index is 587. The monoisotopic (exact) mass is 277 g/mol. The topological polar surface area (TPSA) is 119 Å². The van der Waals surface area contributed by atoms with Gasteiger partial charge in [-0.05, 0) is 0 Å². The van der Waals surface area contributed by atoms with Crippen molar-refractivity contribution in [1.82, 2.24) is 19.5 Å². The number of nitrogens with two attached hydrogens (primary N) is 1. The maximum atomic E-state index is 9.93. The maximum absolute atomic E-state index is 9.93. The van der Waals surface area contributed by atoms with Gasteiger partial charge >= 0.3 is 23.1 Å². The molecule has 3 heterocycles. The fourth-order valence-corrected chi connectivity index (χ4v) is 2.15. The Balaban J connectivity index is 0.00000133. The first-order chi connectivity index (χ1) is 8.70. The third kappa shape index (κ3) is 2.39. The Morgan fingerprint density at radius 2 is 2.26 bits per heavy atom. The first-order valence-electron chi connectivity index (χ1n) is 5.58. The molecule has 1 saturated heterocycles. The number of fused-ring (bicyclic) bond motifs is 1. The predicted molar refractivity (Wildman–Crippen MR) is 69.3 cm³/mol. The SMILES string of the molecule is Nc1ncnc2c1ncn2[C@@H]1O[C@H](CO)C[C@H]1O.[H-].[H-].[Mg+2]. The molecule has 19 heavy (non-hydrogen) atoms. The number of aliphatic hydroxyl groups is 2. The molecule has 3 atom stereocenters. The molecular formula is C10H15MgN5O3. The maximum Gasteiger partial charge on any atom is 2.00 e. The standard InChI is InChI=1S/C10H13N5O3.Mg.2H/c11-8-7-9(13-3-12-8)15(4-14-7)10-6(17)1-5(2-16)18-10;;;/h3-6,10,16-17H,1-2H2,(H2,11,12,13);;;/q;+2;2*-1/t5-,6+,10+;;;/m0.../s1. The summed E-state index contributed by atoms with van der Waals surface area (Å²) in [6.07, 6.45) is 1.52. The molecular weight excluding hydrogens is 262 g/mol. The molecule has 1 aliphatic rings. The molecule has 0 radical (unpaired) electrons. The smallest absolute Gasteiger partial charge is 1.00 e. The molecule has 9 heteroatoms. The number of hydrogen-bond donors (Lipinski definition) is 3. The average molecular weight is 278 g/mol. The van der Waals surface area contributed by atoms with E-state index in [1.54, 1.807) is 4.57 Å². The van der Waals surface area contributed by atoms with Crippen LogP contribution in [0.25, 0.3) is 11.2 Å². The van der Waals surface area contributed by atoms with Gasteiger partial charge in [-0.1, -0.05) is 0 Å². The van der Waals surface area contributed by atoms with E-state index in [4.69, 9.17) is 15.6 Å². The van der Waals surface area contributed by atoms with Crippen LogP contribution in [0.2, 0.25) is 0 Å². The summed E-state index contributed by atoms with van der Waals surface area (Å²) in [6, 6.07) is 0. The van der Waals surface area contributed by atoms with E-state index in [2.05, 4.69) is 15.0 Å².